The SMILES string of the molecule is CCCCC(C)CCCc1ccccc1O. The Hall–Kier alpha value is -0.980. The van der Waals surface area contributed by atoms with Gasteiger partial charge in [-0.25, -0.2) is 0 Å². The zero-order chi connectivity index (χ0) is 11.8. The Balaban J connectivity index is 2.23. The number of para-hydroxylation sites is 1. The number of aromatic hydroxyl groups is 1. The fourth-order valence-electron chi connectivity index (χ4n) is 2.06. The van der Waals surface area contributed by atoms with E-state index in [0.717, 1.165) is 17.9 Å². The van der Waals surface area contributed by atoms with Crippen molar-refractivity contribution in [1.82, 2.24) is 0 Å². The van der Waals surface area contributed by atoms with E-state index in [1.165, 1.54) is 32.1 Å². The first kappa shape index (κ1) is 13.1. The maximum absolute atomic E-state index is 9.62. The van der Waals surface area contributed by atoms with Crippen molar-refractivity contribution < 1.29 is 5.11 Å². The molecule has 1 N–H and O–H groups in total. The highest BCUT2D eigenvalue weighted by atomic mass is 16.3. The molecule has 0 saturated carbocycles. The molecule has 1 aromatic rings. The van der Waals surface area contributed by atoms with Gasteiger partial charge in [0.05, 0.1) is 0 Å². The number of hydrogen-bond donors (Lipinski definition) is 1. The second-order valence-electron chi connectivity index (χ2n) is 4.77. The lowest BCUT2D eigenvalue weighted by Gasteiger charge is -2.10. The molecule has 0 bridgehead atoms. The predicted octanol–water partition coefficient (Wildman–Crippen LogP) is 4.54. The minimum atomic E-state index is 0.448. The minimum absolute atomic E-state index is 0.448. The molecule has 0 radical (unpaired) electrons. The minimum Gasteiger partial charge on any atom is -0.508 e. The average molecular weight is 220 g/mol. The largest absolute Gasteiger partial charge is 0.508 e. The van der Waals surface area contributed by atoms with E-state index in [1.54, 1.807) is 6.07 Å². The zero-order valence-electron chi connectivity index (χ0n) is 10.6. The summed E-state index contributed by atoms with van der Waals surface area (Å²) in [4.78, 5) is 0. The van der Waals surface area contributed by atoms with E-state index in [9.17, 15) is 5.11 Å². The van der Waals surface area contributed by atoms with Gasteiger partial charge in [0, 0.05) is 0 Å². The topological polar surface area (TPSA) is 20.2 Å². The maximum Gasteiger partial charge on any atom is 0.118 e. The molecule has 0 aliphatic heterocycles. The molecule has 0 aliphatic rings. The standard InChI is InChI=1S/C15H24O/c1-3-4-8-13(2)9-7-11-14-10-5-6-12-15(14)16/h5-6,10,12-13,16H,3-4,7-9,11H2,1-2H3. The van der Waals surface area contributed by atoms with Crippen molar-refractivity contribution in [3.05, 3.63) is 29.8 Å². The third-order valence-electron chi connectivity index (χ3n) is 3.19. The quantitative estimate of drug-likeness (QED) is 0.715. The van der Waals surface area contributed by atoms with Crippen molar-refractivity contribution in [2.24, 2.45) is 5.92 Å². The van der Waals surface area contributed by atoms with Crippen molar-refractivity contribution in [3.63, 3.8) is 0 Å². The van der Waals surface area contributed by atoms with Gasteiger partial charge in [-0.3, -0.25) is 0 Å². The van der Waals surface area contributed by atoms with Crippen LogP contribution in [-0.4, -0.2) is 5.11 Å². The lowest BCUT2D eigenvalue weighted by Crippen LogP contribution is -1.96. The summed E-state index contributed by atoms with van der Waals surface area (Å²) in [6.07, 6.45) is 7.44. The fraction of sp³-hybridized carbons (Fsp3) is 0.600. The predicted molar refractivity (Wildman–Crippen MR) is 69.7 cm³/mol. The van der Waals surface area contributed by atoms with Gasteiger partial charge in [-0.05, 0) is 30.4 Å². The summed E-state index contributed by atoms with van der Waals surface area (Å²) in [5.74, 6) is 1.27. The van der Waals surface area contributed by atoms with Crippen molar-refractivity contribution in [1.29, 1.82) is 0 Å². The number of phenolic OH excluding ortho intramolecular Hbond substituents is 1. The normalized spacial score (nSPS) is 12.6. The van der Waals surface area contributed by atoms with Crippen molar-refractivity contribution in [2.45, 2.75) is 52.4 Å². The number of phenols is 1. The molecule has 0 heterocycles. The number of rotatable bonds is 7. The highest BCUT2D eigenvalue weighted by molar-refractivity contribution is 5.31. The Labute approximate surface area is 99.5 Å². The van der Waals surface area contributed by atoms with E-state index < -0.39 is 0 Å². The van der Waals surface area contributed by atoms with Crippen molar-refractivity contribution in [2.75, 3.05) is 0 Å². The summed E-state index contributed by atoms with van der Waals surface area (Å²) in [6, 6.07) is 7.67. The number of benzene rings is 1. The van der Waals surface area contributed by atoms with Crippen molar-refractivity contribution in [3.8, 4) is 5.75 Å². The lowest BCUT2D eigenvalue weighted by molar-refractivity contribution is 0.446. The Kier molecular flexibility index (Phi) is 5.99. The summed E-state index contributed by atoms with van der Waals surface area (Å²) < 4.78 is 0. The van der Waals surface area contributed by atoms with E-state index in [2.05, 4.69) is 13.8 Å². The summed E-state index contributed by atoms with van der Waals surface area (Å²) in [6.45, 7) is 4.58. The third kappa shape index (κ3) is 4.69. The number of hydrogen-bond acceptors (Lipinski definition) is 1. The van der Waals surface area contributed by atoms with Crippen LogP contribution in [0.25, 0.3) is 0 Å². The molecule has 1 rings (SSSR count). The highest BCUT2D eigenvalue weighted by Crippen LogP contribution is 2.20. The van der Waals surface area contributed by atoms with Crippen LogP contribution in [0.15, 0.2) is 24.3 Å². The molecule has 0 aliphatic carbocycles. The van der Waals surface area contributed by atoms with Gasteiger partial charge in [-0.1, -0.05) is 57.7 Å². The molecule has 0 spiro atoms. The van der Waals surface area contributed by atoms with Crippen LogP contribution in [0.4, 0.5) is 0 Å². The van der Waals surface area contributed by atoms with Crippen LogP contribution in [0.3, 0.4) is 0 Å². The van der Waals surface area contributed by atoms with Gasteiger partial charge in [0.25, 0.3) is 0 Å². The monoisotopic (exact) mass is 220 g/mol. The van der Waals surface area contributed by atoms with Gasteiger partial charge in [-0.2, -0.15) is 0 Å². The van der Waals surface area contributed by atoms with Gasteiger partial charge in [-0.15, -0.1) is 0 Å². The fourth-order valence-corrected chi connectivity index (χ4v) is 2.06. The van der Waals surface area contributed by atoms with Crippen LogP contribution in [0.2, 0.25) is 0 Å². The van der Waals surface area contributed by atoms with Crippen LogP contribution in [0.5, 0.6) is 5.75 Å². The van der Waals surface area contributed by atoms with Crippen LogP contribution >= 0.6 is 0 Å². The van der Waals surface area contributed by atoms with Gasteiger partial charge < -0.3 is 5.11 Å². The van der Waals surface area contributed by atoms with E-state index in [-0.39, 0.29) is 0 Å². The maximum atomic E-state index is 9.62. The van der Waals surface area contributed by atoms with Gasteiger partial charge in [0.15, 0.2) is 0 Å². The summed E-state index contributed by atoms with van der Waals surface area (Å²) in [7, 11) is 0. The molecule has 1 unspecified atom stereocenters. The van der Waals surface area contributed by atoms with Crippen molar-refractivity contribution >= 4 is 0 Å². The average Bonchev–Trinajstić information content (AvgIpc) is 2.29. The lowest BCUT2D eigenvalue weighted by atomic mass is 9.96. The molecule has 1 heteroatoms. The molecular weight excluding hydrogens is 196 g/mol. The van der Waals surface area contributed by atoms with E-state index in [4.69, 9.17) is 0 Å². The van der Waals surface area contributed by atoms with E-state index in [0.29, 0.717) is 5.75 Å². The van der Waals surface area contributed by atoms with Crippen LogP contribution < -0.4 is 0 Å². The molecule has 0 amide bonds. The molecule has 0 saturated heterocycles. The van der Waals surface area contributed by atoms with Crippen LogP contribution in [0.1, 0.15) is 51.5 Å². The first-order valence-corrected chi connectivity index (χ1v) is 6.51. The Morgan fingerprint density at radius 1 is 1.12 bits per heavy atom. The summed E-state index contributed by atoms with van der Waals surface area (Å²) >= 11 is 0. The molecule has 1 aromatic carbocycles. The second-order valence-corrected chi connectivity index (χ2v) is 4.77. The first-order valence-electron chi connectivity index (χ1n) is 6.51. The molecule has 1 nitrogen and oxygen atoms in total. The van der Waals surface area contributed by atoms with Gasteiger partial charge in [0.1, 0.15) is 5.75 Å². The molecule has 0 fully saturated rings. The van der Waals surface area contributed by atoms with Crippen LogP contribution in [-0.2, 0) is 6.42 Å². The summed E-state index contributed by atoms with van der Waals surface area (Å²) in [5.41, 5.74) is 1.09. The van der Waals surface area contributed by atoms with E-state index >= 15 is 0 Å². The van der Waals surface area contributed by atoms with Gasteiger partial charge >= 0.3 is 0 Å². The molecule has 1 atom stereocenters. The van der Waals surface area contributed by atoms with E-state index in [1.807, 2.05) is 18.2 Å². The molecular formula is C15H24O. The summed E-state index contributed by atoms with van der Waals surface area (Å²) in [5, 5.41) is 9.62. The smallest absolute Gasteiger partial charge is 0.118 e. The highest BCUT2D eigenvalue weighted by Gasteiger charge is 2.03. The Bertz CT molecular complexity index is 293. The Morgan fingerprint density at radius 2 is 1.81 bits per heavy atom. The molecule has 0 aromatic heterocycles. The Morgan fingerprint density at radius 3 is 2.50 bits per heavy atom. The molecule has 16 heavy (non-hydrogen) atoms. The third-order valence-corrected chi connectivity index (χ3v) is 3.19. The number of aryl methyl sites for hydroxylation is 1. The van der Waals surface area contributed by atoms with Gasteiger partial charge in [0.2, 0.25) is 0 Å². The second kappa shape index (κ2) is 7.32. The first-order chi connectivity index (χ1) is 7.74. The zero-order valence-corrected chi connectivity index (χ0v) is 10.6. The number of unbranched alkanes of at least 4 members (excludes halogenated alkanes) is 1. The van der Waals surface area contributed by atoms with Crippen LogP contribution in [0, 0.1) is 5.92 Å². The molecule has 90 valence electrons.